The van der Waals surface area contributed by atoms with Gasteiger partial charge in [-0.05, 0) is 48.4 Å². The van der Waals surface area contributed by atoms with Crippen molar-refractivity contribution in [3.8, 4) is 23.2 Å². The molecule has 43 heavy (non-hydrogen) atoms. The minimum absolute atomic E-state index is 0.0287. The van der Waals surface area contributed by atoms with Gasteiger partial charge in [-0.1, -0.05) is 36.4 Å². The molecule has 1 fully saturated rings. The molecular weight excluding hydrogens is 551 g/mol. The standard InChI is InChI=1S/C33H29FN4O5/c1-41-33(40)24-11-12-29(30(17-24)36-19-26-13-14-42-26)37-31(39)16-21-5-8-23(9-6-21)28-3-2-4-32(38-28)43-20-25-10-7-22(18-35)15-27(25)34/h2-12,15,17,26,36H,13-14,16,19-20H2,1H3,(H,37,39)/t26-/m0/s1. The van der Waals surface area contributed by atoms with Crippen LogP contribution in [-0.4, -0.2) is 43.2 Å². The fraction of sp³-hybridized carbons (Fsp3) is 0.212. The monoisotopic (exact) mass is 580 g/mol. The van der Waals surface area contributed by atoms with E-state index < -0.39 is 11.8 Å². The molecule has 0 unspecified atom stereocenters. The van der Waals surface area contributed by atoms with E-state index in [9.17, 15) is 14.0 Å². The van der Waals surface area contributed by atoms with Crippen LogP contribution in [0.5, 0.6) is 5.88 Å². The number of halogens is 1. The van der Waals surface area contributed by atoms with Crippen LogP contribution < -0.4 is 15.4 Å². The van der Waals surface area contributed by atoms with Gasteiger partial charge in [-0.2, -0.15) is 5.26 Å². The molecule has 2 heterocycles. The predicted molar refractivity (Wildman–Crippen MR) is 158 cm³/mol. The summed E-state index contributed by atoms with van der Waals surface area (Å²) in [5.41, 5.74) is 4.38. The highest BCUT2D eigenvalue weighted by molar-refractivity contribution is 5.98. The Morgan fingerprint density at radius 3 is 2.58 bits per heavy atom. The average molecular weight is 581 g/mol. The summed E-state index contributed by atoms with van der Waals surface area (Å²) in [7, 11) is 1.32. The van der Waals surface area contributed by atoms with Gasteiger partial charge in [0.25, 0.3) is 0 Å². The van der Waals surface area contributed by atoms with Crippen molar-refractivity contribution in [1.29, 1.82) is 5.26 Å². The number of nitriles is 1. The first-order valence-corrected chi connectivity index (χ1v) is 13.7. The smallest absolute Gasteiger partial charge is 0.337 e. The third-order valence-electron chi connectivity index (χ3n) is 6.92. The van der Waals surface area contributed by atoms with Crippen molar-refractivity contribution < 1.29 is 28.2 Å². The first-order valence-electron chi connectivity index (χ1n) is 13.7. The first kappa shape index (κ1) is 29.2. The second-order valence-electron chi connectivity index (χ2n) is 9.90. The Bertz CT molecular complexity index is 1670. The molecule has 0 saturated carbocycles. The summed E-state index contributed by atoms with van der Waals surface area (Å²) in [4.78, 5) is 29.5. The van der Waals surface area contributed by atoms with Crippen molar-refractivity contribution >= 4 is 23.3 Å². The maximum Gasteiger partial charge on any atom is 0.337 e. The minimum atomic E-state index is -0.510. The zero-order valence-electron chi connectivity index (χ0n) is 23.4. The number of carbonyl (C=O) groups is 2. The average Bonchev–Trinajstić information content (AvgIpc) is 3.00. The molecule has 5 rings (SSSR count). The van der Waals surface area contributed by atoms with Gasteiger partial charge in [0.05, 0.1) is 53.9 Å². The van der Waals surface area contributed by atoms with E-state index in [0.717, 1.165) is 24.2 Å². The van der Waals surface area contributed by atoms with E-state index in [-0.39, 0.29) is 30.6 Å². The molecular formula is C33H29FN4O5. The largest absolute Gasteiger partial charge is 0.473 e. The van der Waals surface area contributed by atoms with E-state index in [2.05, 4.69) is 15.6 Å². The summed E-state index contributed by atoms with van der Waals surface area (Å²) < 4.78 is 30.2. The van der Waals surface area contributed by atoms with Gasteiger partial charge in [0, 0.05) is 30.3 Å². The summed E-state index contributed by atoms with van der Waals surface area (Å²) in [5, 5.41) is 15.1. The zero-order chi connectivity index (χ0) is 30.2. The fourth-order valence-electron chi connectivity index (χ4n) is 4.43. The molecule has 4 aromatic rings. The van der Waals surface area contributed by atoms with Crippen LogP contribution in [0.1, 0.15) is 33.5 Å². The van der Waals surface area contributed by atoms with Crippen molar-refractivity contribution in [2.24, 2.45) is 0 Å². The number of nitrogens with zero attached hydrogens (tertiary/aromatic N) is 2. The van der Waals surface area contributed by atoms with Gasteiger partial charge >= 0.3 is 5.97 Å². The molecule has 1 saturated heterocycles. The highest BCUT2D eigenvalue weighted by Gasteiger charge is 2.19. The Morgan fingerprint density at radius 2 is 1.88 bits per heavy atom. The van der Waals surface area contributed by atoms with Gasteiger partial charge < -0.3 is 24.8 Å². The van der Waals surface area contributed by atoms with Gasteiger partial charge in [0.2, 0.25) is 11.8 Å². The first-order chi connectivity index (χ1) is 20.9. The van der Waals surface area contributed by atoms with Gasteiger partial charge in [-0.15, -0.1) is 0 Å². The zero-order valence-corrected chi connectivity index (χ0v) is 23.4. The maximum absolute atomic E-state index is 14.2. The van der Waals surface area contributed by atoms with Crippen molar-refractivity contribution in [1.82, 2.24) is 4.98 Å². The molecule has 9 nitrogen and oxygen atoms in total. The Hall–Kier alpha value is -5.27. The normalized spacial score (nSPS) is 13.7. The van der Waals surface area contributed by atoms with E-state index in [0.29, 0.717) is 40.6 Å². The van der Waals surface area contributed by atoms with E-state index in [1.807, 2.05) is 36.4 Å². The van der Waals surface area contributed by atoms with Crippen LogP contribution in [0.3, 0.4) is 0 Å². The van der Waals surface area contributed by atoms with E-state index in [1.165, 1.54) is 25.3 Å². The molecule has 0 aliphatic carbocycles. The lowest BCUT2D eigenvalue weighted by Crippen LogP contribution is -2.33. The van der Waals surface area contributed by atoms with Crippen molar-refractivity contribution in [2.75, 3.05) is 30.9 Å². The summed E-state index contributed by atoms with van der Waals surface area (Å²) in [6, 6.07) is 23.8. The number of pyridine rings is 1. The van der Waals surface area contributed by atoms with Gasteiger partial charge in [-0.3, -0.25) is 4.79 Å². The molecule has 1 aliphatic heterocycles. The van der Waals surface area contributed by atoms with Gasteiger partial charge in [0.1, 0.15) is 12.4 Å². The topological polar surface area (TPSA) is 123 Å². The maximum atomic E-state index is 14.2. The number of nitrogens with one attached hydrogen (secondary N) is 2. The van der Waals surface area contributed by atoms with Crippen LogP contribution in [0.15, 0.2) is 78.9 Å². The molecule has 0 spiro atoms. The highest BCUT2D eigenvalue weighted by atomic mass is 19.1. The Balaban J connectivity index is 1.21. The third kappa shape index (κ3) is 7.52. The number of hydrogen-bond acceptors (Lipinski definition) is 8. The molecule has 1 amide bonds. The SMILES string of the molecule is COC(=O)c1ccc(NC(=O)Cc2ccc(-c3cccc(OCc4ccc(C#N)cc4F)n3)cc2)c(NC[C@@H]2CCO2)c1. The highest BCUT2D eigenvalue weighted by Crippen LogP contribution is 2.26. The predicted octanol–water partition coefficient (Wildman–Crippen LogP) is 5.51. The van der Waals surface area contributed by atoms with Crippen LogP contribution in [-0.2, 0) is 27.3 Å². The lowest BCUT2D eigenvalue weighted by Gasteiger charge is -2.27. The Morgan fingerprint density at radius 1 is 1.07 bits per heavy atom. The number of anilines is 2. The van der Waals surface area contributed by atoms with Crippen LogP contribution >= 0.6 is 0 Å². The lowest BCUT2D eigenvalue weighted by molar-refractivity contribution is -0.115. The second kappa shape index (κ2) is 13.6. The Labute approximate surface area is 248 Å². The number of ether oxygens (including phenoxy) is 3. The number of hydrogen-bond donors (Lipinski definition) is 2. The lowest BCUT2D eigenvalue weighted by atomic mass is 10.1. The van der Waals surface area contributed by atoms with Crippen molar-refractivity contribution in [2.45, 2.75) is 25.6 Å². The van der Waals surface area contributed by atoms with E-state index >= 15 is 0 Å². The summed E-state index contributed by atoms with van der Waals surface area (Å²) in [5.74, 6) is -0.863. The number of rotatable bonds is 11. The van der Waals surface area contributed by atoms with E-state index in [4.69, 9.17) is 19.5 Å². The molecule has 3 aromatic carbocycles. The quantitative estimate of drug-likeness (QED) is 0.223. The Kier molecular flexibility index (Phi) is 9.24. The molecule has 1 atom stereocenters. The number of benzene rings is 3. The number of carbonyl (C=O) groups excluding carboxylic acids is 2. The van der Waals surface area contributed by atoms with Crippen LogP contribution in [0.25, 0.3) is 11.3 Å². The molecule has 0 bridgehead atoms. The number of aromatic nitrogens is 1. The minimum Gasteiger partial charge on any atom is -0.473 e. The summed E-state index contributed by atoms with van der Waals surface area (Å²) in [6.45, 7) is 1.26. The number of methoxy groups -OCH3 is 1. The van der Waals surface area contributed by atoms with Crippen molar-refractivity contribution in [3.05, 3.63) is 107 Å². The molecule has 2 N–H and O–H groups in total. The van der Waals surface area contributed by atoms with Gasteiger partial charge in [-0.25, -0.2) is 14.2 Å². The van der Waals surface area contributed by atoms with Crippen molar-refractivity contribution in [3.63, 3.8) is 0 Å². The van der Waals surface area contributed by atoms with Crippen LogP contribution in [0.2, 0.25) is 0 Å². The number of esters is 1. The number of amides is 1. The fourth-order valence-corrected chi connectivity index (χ4v) is 4.43. The van der Waals surface area contributed by atoms with Crippen LogP contribution in [0, 0.1) is 17.1 Å². The van der Waals surface area contributed by atoms with Gasteiger partial charge in [0.15, 0.2) is 0 Å². The second-order valence-corrected chi connectivity index (χ2v) is 9.90. The molecule has 218 valence electrons. The summed E-state index contributed by atoms with van der Waals surface area (Å²) >= 11 is 0. The van der Waals surface area contributed by atoms with Crippen LogP contribution in [0.4, 0.5) is 15.8 Å². The molecule has 1 aliphatic rings. The summed E-state index contributed by atoms with van der Waals surface area (Å²) in [6.07, 6.45) is 1.18. The third-order valence-corrected chi connectivity index (χ3v) is 6.92. The molecule has 1 aromatic heterocycles. The molecule has 0 radical (unpaired) electrons. The van der Waals surface area contributed by atoms with E-state index in [1.54, 1.807) is 30.3 Å². The molecule has 10 heteroatoms.